The molecule has 2 N–H and O–H groups in total. The smallest absolute Gasteiger partial charge is 0.333 e. The van der Waals surface area contributed by atoms with E-state index >= 15 is 0 Å². The maximum Gasteiger partial charge on any atom is 0.409 e. The molecule has 4 unspecified atom stereocenters. The van der Waals surface area contributed by atoms with E-state index in [1.807, 2.05) is 0 Å². The Bertz CT molecular complexity index is 993. The van der Waals surface area contributed by atoms with E-state index < -0.39 is 39.8 Å². The maximum absolute atomic E-state index is 14.4. The van der Waals surface area contributed by atoms with Crippen LogP contribution in [-0.4, -0.2) is 103 Å². The highest BCUT2D eigenvalue weighted by atomic mass is 35.5. The number of fused-ring (bicyclic) bond motifs is 3. The lowest BCUT2D eigenvalue weighted by atomic mass is 9.79. The van der Waals surface area contributed by atoms with Gasteiger partial charge in [-0.15, -0.1) is 11.6 Å². The van der Waals surface area contributed by atoms with Crippen LogP contribution in [0.4, 0.5) is 13.2 Å². The van der Waals surface area contributed by atoms with Crippen molar-refractivity contribution in [2.45, 2.75) is 101 Å². The normalized spacial score (nSPS) is 38.9. The van der Waals surface area contributed by atoms with Crippen molar-refractivity contribution in [1.82, 2.24) is 25.6 Å². The second-order valence-electron chi connectivity index (χ2n) is 12.8. The summed E-state index contributed by atoms with van der Waals surface area (Å²) < 4.78 is 66.5. The fourth-order valence-corrected chi connectivity index (χ4v) is 9.79. The van der Waals surface area contributed by atoms with Crippen molar-refractivity contribution < 1.29 is 26.4 Å². The Morgan fingerprint density at radius 2 is 1.74 bits per heavy atom. The molecule has 4 saturated heterocycles. The zero-order chi connectivity index (χ0) is 27.6. The summed E-state index contributed by atoms with van der Waals surface area (Å²) in [7, 11) is -1.95. The number of hydrazine groups is 1. The third kappa shape index (κ3) is 5.46. The minimum Gasteiger partial charge on any atom is -0.333 e. The number of nitrogens with zero attached hydrogens (tertiary/aromatic N) is 3. The van der Waals surface area contributed by atoms with Gasteiger partial charge in [0.1, 0.15) is 15.9 Å². The van der Waals surface area contributed by atoms with Gasteiger partial charge in [-0.25, -0.2) is 18.9 Å². The molecule has 0 aromatic heterocycles. The van der Waals surface area contributed by atoms with Crippen LogP contribution in [0.15, 0.2) is 0 Å². The fraction of sp³-hybridized carbons (Fsp3) is 0.960. The van der Waals surface area contributed by atoms with E-state index in [1.165, 1.54) is 7.05 Å². The molecular formula is C25H41ClF3N5O3S. The summed E-state index contributed by atoms with van der Waals surface area (Å²) in [6.07, 6.45) is -1.19. The number of amides is 1. The number of sulfone groups is 1. The van der Waals surface area contributed by atoms with E-state index in [2.05, 4.69) is 34.5 Å². The number of carbonyl (C=O) groups is 1. The molecule has 218 valence electrons. The standard InChI is InChI=1S/C25H41ClF3N5O3S/c1-24(2)14-33(18-13-30-20-12-19(26)31-34(20)22(18)24)17-6-4-15(5-7-17)21(25(27,28)29)32(3)23(35)16-8-10-38(36,37)11-9-16/h15-22,30-31H,4-14H2,1-3H3/t15?,17?,18?,19?,20?,21-,22?/m0/s1. The van der Waals surface area contributed by atoms with Gasteiger partial charge in [-0.2, -0.15) is 13.2 Å². The van der Waals surface area contributed by atoms with Crippen molar-refractivity contribution >= 4 is 27.3 Å². The Labute approximate surface area is 228 Å². The first-order valence-electron chi connectivity index (χ1n) is 13.9. The van der Waals surface area contributed by atoms with Crippen molar-refractivity contribution in [1.29, 1.82) is 0 Å². The molecule has 5 aliphatic rings. The molecule has 1 aliphatic carbocycles. The molecule has 38 heavy (non-hydrogen) atoms. The SMILES string of the molecule is CN(C(=O)C1CCS(=O)(=O)CC1)[C@@H](C1CCC(N2CC(C)(C)C3C2CNC2CC(Cl)NN23)CC1)C(F)(F)F. The fourth-order valence-electron chi connectivity index (χ4n) is 8.01. The van der Waals surface area contributed by atoms with E-state index in [1.54, 1.807) is 0 Å². The second kappa shape index (κ2) is 10.3. The molecule has 1 amide bonds. The van der Waals surface area contributed by atoms with Crippen LogP contribution in [0, 0.1) is 17.3 Å². The number of nitrogens with one attached hydrogen (secondary N) is 2. The van der Waals surface area contributed by atoms with Gasteiger partial charge in [-0.1, -0.05) is 13.8 Å². The number of hydrogen-bond acceptors (Lipinski definition) is 7. The highest BCUT2D eigenvalue weighted by Gasteiger charge is 2.57. The largest absolute Gasteiger partial charge is 0.409 e. The first kappa shape index (κ1) is 28.9. The van der Waals surface area contributed by atoms with E-state index in [-0.39, 0.29) is 59.6 Å². The zero-order valence-corrected chi connectivity index (χ0v) is 24.0. The number of rotatable bonds is 4. The molecule has 0 spiro atoms. The molecule has 5 atom stereocenters. The van der Waals surface area contributed by atoms with Gasteiger partial charge in [0.05, 0.1) is 23.2 Å². The van der Waals surface area contributed by atoms with Crippen LogP contribution in [0.3, 0.4) is 0 Å². The maximum atomic E-state index is 14.4. The van der Waals surface area contributed by atoms with Crippen LogP contribution in [0.1, 0.15) is 58.8 Å². The number of likely N-dealkylation sites (tertiary alicyclic amines) is 1. The highest BCUT2D eigenvalue weighted by molar-refractivity contribution is 7.91. The number of carbonyl (C=O) groups excluding carboxylic acids is 1. The summed E-state index contributed by atoms with van der Waals surface area (Å²) >= 11 is 6.39. The van der Waals surface area contributed by atoms with E-state index in [0.29, 0.717) is 25.7 Å². The molecule has 5 rings (SSSR count). The third-order valence-electron chi connectivity index (χ3n) is 9.76. The van der Waals surface area contributed by atoms with E-state index in [9.17, 15) is 26.4 Å². The molecule has 0 aromatic rings. The molecule has 4 heterocycles. The van der Waals surface area contributed by atoms with Crippen LogP contribution in [-0.2, 0) is 14.6 Å². The average molecular weight is 584 g/mol. The van der Waals surface area contributed by atoms with Gasteiger partial charge in [0.2, 0.25) is 5.91 Å². The van der Waals surface area contributed by atoms with Gasteiger partial charge in [0.25, 0.3) is 0 Å². The van der Waals surface area contributed by atoms with Crippen molar-refractivity contribution in [2.75, 3.05) is 31.6 Å². The lowest BCUT2D eigenvalue weighted by molar-refractivity contribution is -0.203. The van der Waals surface area contributed by atoms with E-state index in [4.69, 9.17) is 11.6 Å². The molecule has 4 aliphatic heterocycles. The number of halogens is 4. The molecule has 0 bridgehead atoms. The van der Waals surface area contributed by atoms with Crippen LogP contribution in [0.2, 0.25) is 0 Å². The zero-order valence-electron chi connectivity index (χ0n) is 22.4. The van der Waals surface area contributed by atoms with E-state index in [0.717, 1.165) is 24.4 Å². The van der Waals surface area contributed by atoms with Crippen molar-refractivity contribution in [3.8, 4) is 0 Å². The van der Waals surface area contributed by atoms with Crippen LogP contribution < -0.4 is 10.7 Å². The third-order valence-corrected chi connectivity index (χ3v) is 11.8. The molecule has 8 nitrogen and oxygen atoms in total. The lowest BCUT2D eigenvalue weighted by Crippen LogP contribution is -2.66. The molecule has 5 fully saturated rings. The minimum atomic E-state index is -4.54. The highest BCUT2D eigenvalue weighted by Crippen LogP contribution is 2.46. The monoisotopic (exact) mass is 583 g/mol. The topological polar surface area (TPSA) is 85.0 Å². The Kier molecular flexibility index (Phi) is 7.83. The van der Waals surface area contributed by atoms with Crippen molar-refractivity contribution in [2.24, 2.45) is 17.3 Å². The summed E-state index contributed by atoms with van der Waals surface area (Å²) in [6.45, 7) is 6.24. The summed E-state index contributed by atoms with van der Waals surface area (Å²) in [5.41, 5.74) is 3.31. The molecular weight excluding hydrogens is 543 g/mol. The quantitative estimate of drug-likeness (QED) is 0.389. The summed E-state index contributed by atoms with van der Waals surface area (Å²) in [4.78, 5) is 16.4. The Morgan fingerprint density at radius 3 is 2.34 bits per heavy atom. The van der Waals surface area contributed by atoms with Crippen molar-refractivity contribution in [3.05, 3.63) is 0 Å². The summed E-state index contributed by atoms with van der Waals surface area (Å²) in [5.74, 6) is -2.18. The molecule has 0 radical (unpaired) electrons. The van der Waals surface area contributed by atoms with Gasteiger partial charge in [0, 0.05) is 50.6 Å². The predicted octanol–water partition coefficient (Wildman–Crippen LogP) is 2.54. The lowest BCUT2D eigenvalue weighted by Gasteiger charge is -2.47. The summed E-state index contributed by atoms with van der Waals surface area (Å²) in [5, 5.41) is 5.88. The van der Waals surface area contributed by atoms with Gasteiger partial charge in [-0.05, 0) is 49.9 Å². The number of hydrogen-bond donors (Lipinski definition) is 2. The first-order valence-corrected chi connectivity index (χ1v) is 16.2. The van der Waals surface area contributed by atoms with Gasteiger partial charge < -0.3 is 4.90 Å². The minimum absolute atomic E-state index is 0.00440. The molecule has 13 heteroatoms. The van der Waals surface area contributed by atoms with Crippen LogP contribution in [0.5, 0.6) is 0 Å². The van der Waals surface area contributed by atoms with Crippen LogP contribution >= 0.6 is 11.6 Å². The van der Waals surface area contributed by atoms with Crippen molar-refractivity contribution in [3.63, 3.8) is 0 Å². The summed E-state index contributed by atoms with van der Waals surface area (Å²) in [6, 6.07) is -1.13. The van der Waals surface area contributed by atoms with Gasteiger partial charge >= 0.3 is 6.18 Å². The van der Waals surface area contributed by atoms with Gasteiger partial charge in [0.15, 0.2) is 0 Å². The second-order valence-corrected chi connectivity index (χ2v) is 15.6. The van der Waals surface area contributed by atoms with Crippen LogP contribution in [0.25, 0.3) is 0 Å². The Balaban J connectivity index is 1.24. The molecule has 0 aromatic carbocycles. The average Bonchev–Trinajstić information content (AvgIpc) is 3.33. The first-order chi connectivity index (χ1) is 17.7. The van der Waals surface area contributed by atoms with Gasteiger partial charge in [-0.3, -0.25) is 15.0 Å². The Morgan fingerprint density at radius 1 is 1.11 bits per heavy atom. The Hall–Kier alpha value is -0.660. The molecule has 1 saturated carbocycles. The predicted molar refractivity (Wildman–Crippen MR) is 139 cm³/mol. The number of alkyl halides is 4.